The van der Waals surface area contributed by atoms with Crippen LogP contribution in [0.3, 0.4) is 0 Å². The number of carbonyl (C=O) groups is 4. The number of nitrogens with two attached hydrogens (primary N) is 1. The molecule has 11 nitrogen and oxygen atoms in total. The highest BCUT2D eigenvalue weighted by molar-refractivity contribution is 5.94. The minimum atomic E-state index is -1.55. The van der Waals surface area contributed by atoms with Crippen LogP contribution < -0.4 is 21.7 Å². The van der Waals surface area contributed by atoms with E-state index in [1.807, 2.05) is 0 Å². The SMILES string of the molecule is CC(C)C(N)C(=O)NC(CO)C(=O)NC(C(=O)NC(C(=O)O)C(C)O)C(C)C. The summed E-state index contributed by atoms with van der Waals surface area (Å²) in [5.41, 5.74) is 5.70. The third-order valence-corrected chi connectivity index (χ3v) is 4.13. The predicted molar refractivity (Wildman–Crippen MR) is 99.8 cm³/mol. The Balaban J connectivity index is 5.20. The molecule has 3 amide bonds. The van der Waals surface area contributed by atoms with Crippen LogP contribution in [0.25, 0.3) is 0 Å². The Kier molecular flexibility index (Phi) is 10.6. The van der Waals surface area contributed by atoms with E-state index in [1.54, 1.807) is 27.7 Å². The lowest BCUT2D eigenvalue weighted by molar-refractivity contribution is -0.145. The number of nitrogens with one attached hydrogen (secondary N) is 3. The van der Waals surface area contributed by atoms with Gasteiger partial charge in [0.25, 0.3) is 0 Å². The summed E-state index contributed by atoms with van der Waals surface area (Å²) >= 11 is 0. The Labute approximate surface area is 164 Å². The molecule has 0 aliphatic rings. The van der Waals surface area contributed by atoms with Crippen molar-refractivity contribution in [3.8, 4) is 0 Å². The Bertz CT molecular complexity index is 566. The number of amides is 3. The van der Waals surface area contributed by atoms with Gasteiger partial charge in [0.2, 0.25) is 17.7 Å². The largest absolute Gasteiger partial charge is 0.480 e. The fourth-order valence-corrected chi connectivity index (χ4v) is 2.19. The van der Waals surface area contributed by atoms with Gasteiger partial charge in [0.1, 0.15) is 12.1 Å². The molecule has 162 valence electrons. The van der Waals surface area contributed by atoms with Crippen molar-refractivity contribution in [2.75, 3.05) is 6.61 Å². The molecule has 0 heterocycles. The van der Waals surface area contributed by atoms with Gasteiger partial charge in [-0.25, -0.2) is 4.79 Å². The molecule has 5 unspecified atom stereocenters. The lowest BCUT2D eigenvalue weighted by atomic mass is 10.0. The zero-order valence-electron chi connectivity index (χ0n) is 16.8. The van der Waals surface area contributed by atoms with Gasteiger partial charge in [-0.05, 0) is 18.8 Å². The Morgan fingerprint density at radius 1 is 0.821 bits per heavy atom. The molecule has 0 radical (unpaired) electrons. The smallest absolute Gasteiger partial charge is 0.328 e. The van der Waals surface area contributed by atoms with Crippen LogP contribution in [0.4, 0.5) is 0 Å². The van der Waals surface area contributed by atoms with Gasteiger partial charge in [0.05, 0.1) is 18.8 Å². The van der Waals surface area contributed by atoms with Gasteiger partial charge in [-0.2, -0.15) is 0 Å². The lowest BCUT2D eigenvalue weighted by Gasteiger charge is -2.27. The monoisotopic (exact) mass is 404 g/mol. The number of aliphatic hydroxyl groups is 2. The quantitative estimate of drug-likeness (QED) is 0.197. The van der Waals surface area contributed by atoms with Crippen molar-refractivity contribution in [3.63, 3.8) is 0 Å². The van der Waals surface area contributed by atoms with Crippen molar-refractivity contribution in [1.29, 1.82) is 0 Å². The summed E-state index contributed by atoms with van der Waals surface area (Å²) in [5.74, 6) is -4.34. The fraction of sp³-hybridized carbons (Fsp3) is 0.765. The van der Waals surface area contributed by atoms with E-state index in [0.717, 1.165) is 0 Å². The second-order valence-corrected chi connectivity index (χ2v) is 7.31. The summed E-state index contributed by atoms with van der Waals surface area (Å²) in [4.78, 5) is 47.9. The van der Waals surface area contributed by atoms with E-state index < -0.39 is 66.5 Å². The lowest BCUT2D eigenvalue weighted by Crippen LogP contribution is -2.60. The van der Waals surface area contributed by atoms with Gasteiger partial charge in [0.15, 0.2) is 6.04 Å². The summed E-state index contributed by atoms with van der Waals surface area (Å²) in [5, 5.41) is 34.8. The fourth-order valence-electron chi connectivity index (χ4n) is 2.19. The van der Waals surface area contributed by atoms with E-state index in [9.17, 15) is 29.4 Å². The normalized spacial score (nSPS) is 16.6. The Morgan fingerprint density at radius 3 is 1.68 bits per heavy atom. The van der Waals surface area contributed by atoms with Crippen molar-refractivity contribution < 1.29 is 34.5 Å². The van der Waals surface area contributed by atoms with Crippen LogP contribution in [0.5, 0.6) is 0 Å². The molecule has 8 N–H and O–H groups in total. The van der Waals surface area contributed by atoms with Crippen molar-refractivity contribution in [2.24, 2.45) is 17.6 Å². The Hall–Kier alpha value is -2.24. The minimum absolute atomic E-state index is 0.190. The molecule has 0 aliphatic carbocycles. The first kappa shape index (κ1) is 25.8. The summed E-state index contributed by atoms with van der Waals surface area (Å²) in [6.07, 6.45) is -1.35. The second kappa shape index (κ2) is 11.6. The van der Waals surface area contributed by atoms with Gasteiger partial charge in [-0.1, -0.05) is 27.7 Å². The molecule has 28 heavy (non-hydrogen) atoms. The maximum atomic E-state index is 12.4. The third-order valence-electron chi connectivity index (χ3n) is 4.13. The highest BCUT2D eigenvalue weighted by atomic mass is 16.4. The summed E-state index contributed by atoms with van der Waals surface area (Å²) in [6, 6.07) is -4.92. The molecular formula is C17H32N4O7. The van der Waals surface area contributed by atoms with E-state index in [0.29, 0.717) is 0 Å². The van der Waals surface area contributed by atoms with Gasteiger partial charge < -0.3 is 37.0 Å². The average molecular weight is 404 g/mol. The van der Waals surface area contributed by atoms with Crippen LogP contribution in [0.15, 0.2) is 0 Å². The molecule has 0 fully saturated rings. The van der Waals surface area contributed by atoms with Crippen molar-refractivity contribution in [2.45, 2.75) is 64.9 Å². The molecule has 0 saturated heterocycles. The zero-order chi connectivity index (χ0) is 22.2. The molecule has 0 bridgehead atoms. The van der Waals surface area contributed by atoms with Crippen LogP contribution in [-0.4, -0.2) is 75.9 Å². The first-order valence-corrected chi connectivity index (χ1v) is 9.01. The number of carbonyl (C=O) groups excluding carboxylic acids is 3. The molecule has 11 heteroatoms. The number of rotatable bonds is 11. The molecule has 0 aromatic carbocycles. The van der Waals surface area contributed by atoms with Gasteiger partial charge in [0, 0.05) is 0 Å². The van der Waals surface area contributed by atoms with Crippen LogP contribution in [-0.2, 0) is 19.2 Å². The van der Waals surface area contributed by atoms with Crippen LogP contribution in [0.1, 0.15) is 34.6 Å². The maximum Gasteiger partial charge on any atom is 0.328 e. The Morgan fingerprint density at radius 2 is 1.32 bits per heavy atom. The van der Waals surface area contributed by atoms with E-state index in [2.05, 4.69) is 16.0 Å². The second-order valence-electron chi connectivity index (χ2n) is 7.31. The molecule has 0 spiro atoms. The van der Waals surface area contributed by atoms with Crippen LogP contribution >= 0.6 is 0 Å². The molecule has 5 atom stereocenters. The predicted octanol–water partition coefficient (Wildman–Crippen LogP) is -2.46. The summed E-state index contributed by atoms with van der Waals surface area (Å²) < 4.78 is 0. The van der Waals surface area contributed by atoms with Gasteiger partial charge >= 0.3 is 5.97 Å². The number of carboxylic acids is 1. The van der Waals surface area contributed by atoms with Crippen LogP contribution in [0, 0.1) is 11.8 Å². The molecule has 0 rings (SSSR count). The standard InChI is InChI=1S/C17H32N4O7/c1-7(2)11(18)15(25)19-10(6-22)14(24)20-12(8(3)4)16(26)21-13(9(5)23)17(27)28/h7-13,22-23H,6,18H2,1-5H3,(H,19,25)(H,20,24)(H,21,26)(H,27,28). The first-order valence-electron chi connectivity index (χ1n) is 9.01. The molecule has 0 aliphatic heterocycles. The van der Waals surface area contributed by atoms with E-state index in [4.69, 9.17) is 10.8 Å². The minimum Gasteiger partial charge on any atom is -0.480 e. The summed E-state index contributed by atoms with van der Waals surface area (Å²) in [6.45, 7) is 7.15. The topological polar surface area (TPSA) is 191 Å². The van der Waals surface area contributed by atoms with Crippen molar-refractivity contribution in [3.05, 3.63) is 0 Å². The molecule has 0 aromatic heterocycles. The average Bonchev–Trinajstić information content (AvgIpc) is 2.59. The van der Waals surface area contributed by atoms with Crippen LogP contribution in [0.2, 0.25) is 0 Å². The number of aliphatic hydroxyl groups excluding tert-OH is 2. The number of hydrogen-bond donors (Lipinski definition) is 7. The highest BCUT2D eigenvalue weighted by Gasteiger charge is 2.33. The number of aliphatic carboxylic acids is 1. The number of hydrogen-bond acceptors (Lipinski definition) is 7. The van der Waals surface area contributed by atoms with E-state index >= 15 is 0 Å². The van der Waals surface area contributed by atoms with E-state index in [1.165, 1.54) is 6.92 Å². The molecular weight excluding hydrogens is 372 g/mol. The van der Waals surface area contributed by atoms with Crippen molar-refractivity contribution in [1.82, 2.24) is 16.0 Å². The summed E-state index contributed by atoms with van der Waals surface area (Å²) in [7, 11) is 0. The van der Waals surface area contributed by atoms with Crippen molar-refractivity contribution >= 4 is 23.7 Å². The van der Waals surface area contributed by atoms with Gasteiger partial charge in [-0.15, -0.1) is 0 Å². The first-order chi connectivity index (χ1) is 12.8. The highest BCUT2D eigenvalue weighted by Crippen LogP contribution is 2.05. The molecule has 0 saturated carbocycles. The zero-order valence-corrected chi connectivity index (χ0v) is 16.8. The third kappa shape index (κ3) is 7.79. The number of carboxylic acid groups (broad SMARTS) is 1. The van der Waals surface area contributed by atoms with E-state index in [-0.39, 0.29) is 5.92 Å². The molecule has 0 aromatic rings. The van der Waals surface area contributed by atoms with Gasteiger partial charge in [-0.3, -0.25) is 14.4 Å². The maximum absolute atomic E-state index is 12.4.